The Balaban J connectivity index is 2.89. The second kappa shape index (κ2) is 7.31. The van der Waals surface area contributed by atoms with E-state index in [0.29, 0.717) is 23.0 Å². The Morgan fingerprint density at radius 1 is 1.29 bits per heavy atom. The third-order valence-corrected chi connectivity index (χ3v) is 3.32. The number of hydrogen-bond donors (Lipinski definition) is 2. The Labute approximate surface area is 130 Å². The average Bonchev–Trinajstić information content (AvgIpc) is 2.44. The quantitative estimate of drug-likeness (QED) is 0.794. The molecule has 0 aromatic heterocycles. The minimum atomic E-state index is -1.19. The van der Waals surface area contributed by atoms with Gasteiger partial charge in [0.05, 0.1) is 12.8 Å². The van der Waals surface area contributed by atoms with Gasteiger partial charge in [-0.1, -0.05) is 18.5 Å². The second-order valence-corrected chi connectivity index (χ2v) is 5.62. The van der Waals surface area contributed by atoms with E-state index >= 15 is 0 Å². The lowest BCUT2D eigenvalue weighted by atomic mass is 9.91. The minimum absolute atomic E-state index is 0.317. The maximum absolute atomic E-state index is 12.3. The van der Waals surface area contributed by atoms with Crippen LogP contribution in [0.3, 0.4) is 0 Å². The Bertz CT molecular complexity index is 530. The summed E-state index contributed by atoms with van der Waals surface area (Å²) in [5, 5.41) is 5.88. The summed E-state index contributed by atoms with van der Waals surface area (Å²) in [6.45, 7) is 5.63. The summed E-state index contributed by atoms with van der Waals surface area (Å²) in [6, 6.07) is 4.90. The molecule has 2 N–H and O–H groups in total. The highest BCUT2D eigenvalue weighted by Gasteiger charge is 2.36. The zero-order valence-electron chi connectivity index (χ0n) is 12.7. The monoisotopic (exact) mass is 312 g/mol. The number of hydrogen-bond acceptors (Lipinski definition) is 3. The molecule has 1 aromatic rings. The van der Waals surface area contributed by atoms with Crippen LogP contribution in [0.15, 0.2) is 18.2 Å². The number of benzene rings is 1. The number of carbonyl (C=O) groups excluding carboxylic acids is 2. The molecular formula is C15H21ClN2O3. The van der Waals surface area contributed by atoms with E-state index in [1.54, 1.807) is 32.0 Å². The van der Waals surface area contributed by atoms with Gasteiger partial charge in [0.1, 0.15) is 11.2 Å². The molecule has 0 aliphatic heterocycles. The van der Waals surface area contributed by atoms with E-state index in [2.05, 4.69) is 10.6 Å². The van der Waals surface area contributed by atoms with Gasteiger partial charge in [-0.15, -0.1) is 0 Å². The summed E-state index contributed by atoms with van der Waals surface area (Å²) in [7, 11) is 1.50. The molecule has 5 nitrogen and oxygen atoms in total. The lowest BCUT2D eigenvalue weighted by molar-refractivity contribution is -0.138. The van der Waals surface area contributed by atoms with Crippen LogP contribution >= 0.6 is 11.6 Å². The fourth-order valence-electron chi connectivity index (χ4n) is 1.62. The summed E-state index contributed by atoms with van der Waals surface area (Å²) >= 11 is 5.92. The van der Waals surface area contributed by atoms with Gasteiger partial charge in [-0.2, -0.15) is 0 Å². The number of nitrogens with one attached hydrogen (secondary N) is 2. The van der Waals surface area contributed by atoms with Crippen molar-refractivity contribution in [3.63, 3.8) is 0 Å². The number of ether oxygens (including phenoxy) is 1. The van der Waals surface area contributed by atoms with Crippen molar-refractivity contribution in [2.24, 2.45) is 5.41 Å². The Morgan fingerprint density at radius 2 is 1.95 bits per heavy atom. The highest BCUT2D eigenvalue weighted by atomic mass is 35.5. The first-order valence-corrected chi connectivity index (χ1v) is 7.14. The van der Waals surface area contributed by atoms with Gasteiger partial charge in [-0.25, -0.2) is 0 Å². The van der Waals surface area contributed by atoms with Crippen LogP contribution in [-0.4, -0.2) is 25.5 Å². The molecule has 0 bridgehead atoms. The van der Waals surface area contributed by atoms with Crippen LogP contribution in [0.4, 0.5) is 5.69 Å². The molecule has 116 valence electrons. The zero-order chi connectivity index (χ0) is 16.0. The second-order valence-electron chi connectivity index (χ2n) is 5.18. The summed E-state index contributed by atoms with van der Waals surface area (Å²) < 4.78 is 5.17. The molecule has 0 radical (unpaired) electrons. The number of halogens is 1. The van der Waals surface area contributed by atoms with Crippen molar-refractivity contribution in [3.8, 4) is 5.75 Å². The van der Waals surface area contributed by atoms with Crippen LogP contribution in [0, 0.1) is 5.41 Å². The number of anilines is 1. The van der Waals surface area contributed by atoms with E-state index in [4.69, 9.17) is 16.3 Å². The van der Waals surface area contributed by atoms with E-state index in [1.807, 2.05) is 6.92 Å². The zero-order valence-corrected chi connectivity index (χ0v) is 13.5. The lowest BCUT2D eigenvalue weighted by Crippen LogP contribution is -2.45. The minimum Gasteiger partial charge on any atom is -0.495 e. The predicted octanol–water partition coefficient (Wildman–Crippen LogP) is 2.84. The van der Waals surface area contributed by atoms with Crippen molar-refractivity contribution in [2.45, 2.75) is 27.2 Å². The third-order valence-electron chi connectivity index (χ3n) is 3.08. The number of amides is 2. The van der Waals surface area contributed by atoms with Gasteiger partial charge in [0.25, 0.3) is 0 Å². The highest BCUT2D eigenvalue weighted by Crippen LogP contribution is 2.29. The Hall–Kier alpha value is -1.75. The number of rotatable bonds is 6. The molecule has 0 saturated carbocycles. The molecule has 0 aliphatic rings. The largest absolute Gasteiger partial charge is 0.495 e. The lowest BCUT2D eigenvalue weighted by Gasteiger charge is -2.23. The molecule has 21 heavy (non-hydrogen) atoms. The molecule has 0 spiro atoms. The van der Waals surface area contributed by atoms with Crippen molar-refractivity contribution in [3.05, 3.63) is 23.2 Å². The maximum atomic E-state index is 12.3. The normalized spacial score (nSPS) is 10.9. The van der Waals surface area contributed by atoms with Gasteiger partial charge in [-0.05, 0) is 38.5 Å². The molecule has 0 atom stereocenters. The Morgan fingerprint density at radius 3 is 2.52 bits per heavy atom. The molecule has 1 aromatic carbocycles. The van der Waals surface area contributed by atoms with Gasteiger partial charge in [-0.3, -0.25) is 9.59 Å². The SMILES string of the molecule is CCCNC(=O)C(C)(C)C(=O)Nc1cc(Cl)ccc1OC. The van der Waals surface area contributed by atoms with Crippen LogP contribution in [0.5, 0.6) is 5.75 Å². The third kappa shape index (κ3) is 4.36. The summed E-state index contributed by atoms with van der Waals surface area (Å²) in [5.74, 6) is -0.253. The van der Waals surface area contributed by atoms with E-state index in [0.717, 1.165) is 6.42 Å². The topological polar surface area (TPSA) is 67.4 Å². The first-order chi connectivity index (χ1) is 9.82. The van der Waals surface area contributed by atoms with E-state index in [-0.39, 0.29) is 5.91 Å². The summed E-state index contributed by atoms with van der Waals surface area (Å²) in [4.78, 5) is 24.4. The van der Waals surface area contributed by atoms with E-state index in [9.17, 15) is 9.59 Å². The molecule has 2 amide bonds. The fraction of sp³-hybridized carbons (Fsp3) is 0.467. The summed E-state index contributed by atoms with van der Waals surface area (Å²) in [6.07, 6.45) is 0.811. The van der Waals surface area contributed by atoms with Crippen LogP contribution in [-0.2, 0) is 9.59 Å². The molecule has 6 heteroatoms. The van der Waals surface area contributed by atoms with Crippen molar-refractivity contribution in [2.75, 3.05) is 19.0 Å². The van der Waals surface area contributed by atoms with Crippen molar-refractivity contribution in [1.82, 2.24) is 5.32 Å². The van der Waals surface area contributed by atoms with Gasteiger partial charge in [0, 0.05) is 11.6 Å². The van der Waals surface area contributed by atoms with E-state index < -0.39 is 11.3 Å². The fourth-order valence-corrected chi connectivity index (χ4v) is 1.79. The first-order valence-electron chi connectivity index (χ1n) is 6.76. The predicted molar refractivity (Wildman–Crippen MR) is 83.7 cm³/mol. The number of carbonyl (C=O) groups is 2. The highest BCUT2D eigenvalue weighted by molar-refractivity contribution is 6.31. The van der Waals surface area contributed by atoms with Crippen molar-refractivity contribution >= 4 is 29.1 Å². The van der Waals surface area contributed by atoms with Crippen LogP contribution in [0.1, 0.15) is 27.2 Å². The van der Waals surface area contributed by atoms with Crippen LogP contribution < -0.4 is 15.4 Å². The van der Waals surface area contributed by atoms with Crippen molar-refractivity contribution < 1.29 is 14.3 Å². The number of methoxy groups -OCH3 is 1. The maximum Gasteiger partial charge on any atom is 0.239 e. The van der Waals surface area contributed by atoms with Crippen LogP contribution in [0.25, 0.3) is 0 Å². The Kier molecular flexibility index (Phi) is 6.03. The molecule has 0 aliphatic carbocycles. The van der Waals surface area contributed by atoms with E-state index in [1.165, 1.54) is 7.11 Å². The molecule has 1 rings (SSSR count). The smallest absolute Gasteiger partial charge is 0.239 e. The van der Waals surface area contributed by atoms with Gasteiger partial charge >= 0.3 is 0 Å². The van der Waals surface area contributed by atoms with Crippen LogP contribution in [0.2, 0.25) is 5.02 Å². The summed E-state index contributed by atoms with van der Waals surface area (Å²) in [5.41, 5.74) is -0.756. The molecule has 0 heterocycles. The van der Waals surface area contributed by atoms with Crippen molar-refractivity contribution in [1.29, 1.82) is 0 Å². The standard InChI is InChI=1S/C15H21ClN2O3/c1-5-8-17-13(19)15(2,3)14(20)18-11-9-10(16)6-7-12(11)21-4/h6-7,9H,5,8H2,1-4H3,(H,17,19)(H,18,20). The van der Waals surface area contributed by atoms with Gasteiger partial charge < -0.3 is 15.4 Å². The molecule has 0 fully saturated rings. The first kappa shape index (κ1) is 17.3. The molecular weight excluding hydrogens is 292 g/mol. The molecule has 0 unspecified atom stereocenters. The van der Waals surface area contributed by atoms with Gasteiger partial charge in [0.15, 0.2) is 0 Å². The van der Waals surface area contributed by atoms with Gasteiger partial charge in [0.2, 0.25) is 11.8 Å². The molecule has 0 saturated heterocycles. The average molecular weight is 313 g/mol.